The first kappa shape index (κ1) is 13.6. The second-order valence-electron chi connectivity index (χ2n) is 6.35. The van der Waals surface area contributed by atoms with Crippen LogP contribution in [0.25, 0.3) is 0 Å². The van der Waals surface area contributed by atoms with E-state index in [0.717, 1.165) is 38.8 Å². The number of piperidine rings is 1. The fraction of sp³-hybridized carbons (Fsp3) is 0.588. The second-order valence-corrected chi connectivity index (χ2v) is 6.35. The van der Waals surface area contributed by atoms with Crippen molar-refractivity contribution in [2.24, 2.45) is 5.92 Å². The van der Waals surface area contributed by atoms with Crippen LogP contribution < -0.4 is 10.6 Å². The lowest BCUT2D eigenvalue weighted by molar-refractivity contribution is -0.131. The number of amides is 1. The molecule has 1 amide bonds. The van der Waals surface area contributed by atoms with Gasteiger partial charge in [-0.3, -0.25) is 4.79 Å². The van der Waals surface area contributed by atoms with E-state index in [4.69, 9.17) is 0 Å². The lowest BCUT2D eigenvalue weighted by atomic mass is 9.63. The van der Waals surface area contributed by atoms with Crippen LogP contribution >= 0.6 is 0 Å². The Kier molecular flexibility index (Phi) is 3.79. The van der Waals surface area contributed by atoms with Gasteiger partial charge in [-0.1, -0.05) is 43.7 Å². The van der Waals surface area contributed by atoms with E-state index in [2.05, 4.69) is 29.7 Å². The Morgan fingerprint density at radius 3 is 2.65 bits per heavy atom. The minimum atomic E-state index is -0.265. The molecular weight excluding hydrogens is 248 g/mol. The number of hydrogen-bond donors (Lipinski definition) is 2. The van der Waals surface area contributed by atoms with E-state index in [1.807, 2.05) is 18.2 Å². The molecule has 0 radical (unpaired) electrons. The van der Waals surface area contributed by atoms with Gasteiger partial charge in [-0.25, -0.2) is 0 Å². The Hall–Kier alpha value is -1.35. The van der Waals surface area contributed by atoms with Crippen LogP contribution in [0.3, 0.4) is 0 Å². The Bertz CT molecular complexity index is 467. The molecule has 2 fully saturated rings. The average Bonchev–Trinajstić information content (AvgIpc) is 2.41. The summed E-state index contributed by atoms with van der Waals surface area (Å²) in [6.07, 6.45) is 4.26. The Labute approximate surface area is 121 Å². The van der Waals surface area contributed by atoms with Gasteiger partial charge in [-0.15, -0.1) is 0 Å². The van der Waals surface area contributed by atoms with Gasteiger partial charge in [0.1, 0.15) is 0 Å². The first-order chi connectivity index (χ1) is 9.72. The first-order valence-electron chi connectivity index (χ1n) is 7.79. The summed E-state index contributed by atoms with van der Waals surface area (Å²) in [5, 5.41) is 6.69. The van der Waals surface area contributed by atoms with Gasteiger partial charge in [-0.2, -0.15) is 0 Å². The summed E-state index contributed by atoms with van der Waals surface area (Å²) in [5.41, 5.74) is 0.915. The topological polar surface area (TPSA) is 41.1 Å². The monoisotopic (exact) mass is 272 g/mol. The highest BCUT2D eigenvalue weighted by atomic mass is 16.2. The molecule has 3 nitrogen and oxygen atoms in total. The summed E-state index contributed by atoms with van der Waals surface area (Å²) in [6.45, 7) is 4.21. The van der Waals surface area contributed by atoms with Crippen molar-refractivity contribution in [1.29, 1.82) is 0 Å². The number of nitrogens with one attached hydrogen (secondary N) is 2. The van der Waals surface area contributed by atoms with Crippen molar-refractivity contribution < 1.29 is 4.79 Å². The zero-order valence-corrected chi connectivity index (χ0v) is 12.2. The summed E-state index contributed by atoms with van der Waals surface area (Å²) in [4.78, 5) is 12.8. The molecule has 1 aromatic rings. The van der Waals surface area contributed by atoms with Crippen molar-refractivity contribution in [3.63, 3.8) is 0 Å². The number of benzene rings is 1. The van der Waals surface area contributed by atoms with Gasteiger partial charge in [0.2, 0.25) is 5.91 Å². The van der Waals surface area contributed by atoms with Crippen molar-refractivity contribution in [2.45, 2.75) is 44.1 Å². The molecule has 1 aromatic carbocycles. The molecule has 3 heteroatoms. The van der Waals surface area contributed by atoms with E-state index in [1.165, 1.54) is 5.56 Å². The lowest BCUT2D eigenvalue weighted by Gasteiger charge is -2.43. The fourth-order valence-electron chi connectivity index (χ4n) is 3.42. The molecule has 1 heterocycles. The molecule has 1 saturated heterocycles. The van der Waals surface area contributed by atoms with Crippen LogP contribution in [0.1, 0.15) is 38.2 Å². The molecular formula is C17H24N2O. The van der Waals surface area contributed by atoms with Gasteiger partial charge in [0.05, 0.1) is 5.41 Å². The van der Waals surface area contributed by atoms with E-state index in [1.54, 1.807) is 0 Å². The largest absolute Gasteiger partial charge is 0.351 e. The Morgan fingerprint density at radius 2 is 2.05 bits per heavy atom. The molecule has 2 N–H and O–H groups in total. The fourth-order valence-corrected chi connectivity index (χ4v) is 3.42. The average molecular weight is 272 g/mol. The third-order valence-corrected chi connectivity index (χ3v) is 5.11. The molecule has 2 aliphatic rings. The minimum absolute atomic E-state index is 0.232. The Morgan fingerprint density at radius 1 is 1.30 bits per heavy atom. The normalized spacial score (nSPS) is 28.4. The molecule has 1 aliphatic carbocycles. The van der Waals surface area contributed by atoms with Gasteiger partial charge in [-0.05, 0) is 37.3 Å². The van der Waals surface area contributed by atoms with Crippen molar-refractivity contribution in [1.82, 2.24) is 10.6 Å². The van der Waals surface area contributed by atoms with Crippen LogP contribution in [-0.4, -0.2) is 25.0 Å². The second kappa shape index (κ2) is 5.57. The Balaban J connectivity index is 1.74. The van der Waals surface area contributed by atoms with E-state index < -0.39 is 0 Å². The van der Waals surface area contributed by atoms with E-state index >= 15 is 0 Å². The predicted molar refractivity (Wildman–Crippen MR) is 80.6 cm³/mol. The summed E-state index contributed by atoms with van der Waals surface area (Å²) >= 11 is 0. The van der Waals surface area contributed by atoms with Crippen LogP contribution in [0.4, 0.5) is 0 Å². The van der Waals surface area contributed by atoms with Gasteiger partial charge in [0.15, 0.2) is 0 Å². The van der Waals surface area contributed by atoms with E-state index in [-0.39, 0.29) is 17.4 Å². The lowest BCUT2D eigenvalue weighted by Crippen LogP contribution is -2.57. The van der Waals surface area contributed by atoms with Crippen molar-refractivity contribution >= 4 is 5.91 Å². The number of rotatable bonds is 3. The zero-order valence-electron chi connectivity index (χ0n) is 12.2. The van der Waals surface area contributed by atoms with Gasteiger partial charge >= 0.3 is 0 Å². The van der Waals surface area contributed by atoms with Gasteiger partial charge in [0.25, 0.3) is 0 Å². The van der Waals surface area contributed by atoms with Crippen LogP contribution in [0, 0.1) is 5.92 Å². The standard InChI is InChI=1S/C17H24N2O/c1-13-8-11-18-12-15(13)19-16(20)17(9-5-10-17)14-6-3-2-4-7-14/h2-4,6-7,13,15,18H,5,8-12H2,1H3,(H,19,20). The van der Waals surface area contributed by atoms with Crippen LogP contribution in [0.15, 0.2) is 30.3 Å². The van der Waals surface area contributed by atoms with Crippen LogP contribution in [-0.2, 0) is 10.2 Å². The van der Waals surface area contributed by atoms with Crippen LogP contribution in [0.2, 0.25) is 0 Å². The van der Waals surface area contributed by atoms with Gasteiger partial charge in [0, 0.05) is 12.6 Å². The molecule has 20 heavy (non-hydrogen) atoms. The van der Waals surface area contributed by atoms with E-state index in [9.17, 15) is 4.79 Å². The molecule has 2 atom stereocenters. The maximum Gasteiger partial charge on any atom is 0.230 e. The third-order valence-electron chi connectivity index (χ3n) is 5.11. The van der Waals surface area contributed by atoms with Gasteiger partial charge < -0.3 is 10.6 Å². The molecule has 0 spiro atoms. The molecule has 0 bridgehead atoms. The van der Waals surface area contributed by atoms with Crippen molar-refractivity contribution in [3.05, 3.63) is 35.9 Å². The maximum atomic E-state index is 12.8. The van der Waals surface area contributed by atoms with Crippen molar-refractivity contribution in [3.8, 4) is 0 Å². The number of carbonyl (C=O) groups excluding carboxylic acids is 1. The maximum absolute atomic E-state index is 12.8. The predicted octanol–water partition coefficient (Wildman–Crippen LogP) is 2.22. The smallest absolute Gasteiger partial charge is 0.230 e. The highest BCUT2D eigenvalue weighted by Gasteiger charge is 2.46. The molecule has 1 aliphatic heterocycles. The summed E-state index contributed by atoms with van der Waals surface area (Å²) < 4.78 is 0. The quantitative estimate of drug-likeness (QED) is 0.886. The van der Waals surface area contributed by atoms with E-state index in [0.29, 0.717) is 5.92 Å². The molecule has 2 unspecified atom stereocenters. The van der Waals surface area contributed by atoms with Crippen LogP contribution in [0.5, 0.6) is 0 Å². The molecule has 1 saturated carbocycles. The first-order valence-corrected chi connectivity index (χ1v) is 7.79. The van der Waals surface area contributed by atoms with Crippen molar-refractivity contribution in [2.75, 3.05) is 13.1 Å². The molecule has 3 rings (SSSR count). The number of hydrogen-bond acceptors (Lipinski definition) is 2. The summed E-state index contributed by atoms with van der Waals surface area (Å²) in [5.74, 6) is 0.795. The minimum Gasteiger partial charge on any atom is -0.351 e. The highest BCUT2D eigenvalue weighted by Crippen LogP contribution is 2.44. The summed E-state index contributed by atoms with van der Waals surface area (Å²) in [6, 6.07) is 10.6. The number of carbonyl (C=O) groups is 1. The molecule has 108 valence electrons. The SMILES string of the molecule is CC1CCNCC1NC(=O)C1(c2ccccc2)CCC1. The molecule has 0 aromatic heterocycles. The highest BCUT2D eigenvalue weighted by molar-refractivity contribution is 5.89. The zero-order chi connectivity index (χ0) is 14.0. The third kappa shape index (κ3) is 2.35. The summed E-state index contributed by atoms with van der Waals surface area (Å²) in [7, 11) is 0.